The maximum atomic E-state index is 13.7. The molecule has 2 aromatic rings. The van der Waals surface area contributed by atoms with E-state index in [9.17, 15) is 9.18 Å². The number of benzene rings is 2. The van der Waals surface area contributed by atoms with Crippen LogP contribution in [0.25, 0.3) is 11.1 Å². The average molecular weight is 413 g/mol. The van der Waals surface area contributed by atoms with Crippen molar-refractivity contribution in [3.05, 3.63) is 54.1 Å². The minimum absolute atomic E-state index is 0.144. The lowest BCUT2D eigenvalue weighted by atomic mass is 9.73. The SMILES string of the molecule is CCC(C[C@H](F)C(=O)O)C1CCC(COc2ccc(-c3ccccc3)c(C)c2)CC1. The first-order valence-electron chi connectivity index (χ1n) is 11.1. The van der Waals surface area contributed by atoms with Gasteiger partial charge < -0.3 is 9.84 Å². The van der Waals surface area contributed by atoms with E-state index < -0.39 is 12.1 Å². The van der Waals surface area contributed by atoms with Crippen LogP contribution in [0.5, 0.6) is 5.75 Å². The highest BCUT2D eigenvalue weighted by Gasteiger charge is 2.30. The molecule has 1 aliphatic rings. The molecule has 3 nitrogen and oxygen atoms in total. The summed E-state index contributed by atoms with van der Waals surface area (Å²) in [6.07, 6.45) is 3.43. The van der Waals surface area contributed by atoms with E-state index in [2.05, 4.69) is 31.2 Å². The van der Waals surface area contributed by atoms with Crippen LogP contribution in [0.15, 0.2) is 48.5 Å². The third kappa shape index (κ3) is 5.84. The minimum Gasteiger partial charge on any atom is -0.493 e. The van der Waals surface area contributed by atoms with Crippen LogP contribution in [0.2, 0.25) is 0 Å². The molecule has 1 N–H and O–H groups in total. The number of ether oxygens (including phenoxy) is 1. The number of alkyl halides is 1. The first-order valence-corrected chi connectivity index (χ1v) is 11.1. The number of aryl methyl sites for hydroxylation is 1. The van der Waals surface area contributed by atoms with Crippen molar-refractivity contribution in [1.82, 2.24) is 0 Å². The monoisotopic (exact) mass is 412 g/mol. The fourth-order valence-electron chi connectivity index (χ4n) is 4.77. The highest BCUT2D eigenvalue weighted by molar-refractivity contribution is 5.72. The van der Waals surface area contributed by atoms with Gasteiger partial charge in [0.15, 0.2) is 6.17 Å². The molecule has 0 aromatic heterocycles. The predicted molar refractivity (Wildman–Crippen MR) is 118 cm³/mol. The van der Waals surface area contributed by atoms with Gasteiger partial charge in [-0.15, -0.1) is 0 Å². The lowest BCUT2D eigenvalue weighted by Gasteiger charge is -2.33. The van der Waals surface area contributed by atoms with Crippen molar-refractivity contribution < 1.29 is 19.0 Å². The quantitative estimate of drug-likeness (QED) is 0.499. The summed E-state index contributed by atoms with van der Waals surface area (Å²) in [4.78, 5) is 10.8. The maximum Gasteiger partial charge on any atom is 0.338 e. The molecule has 0 radical (unpaired) electrons. The van der Waals surface area contributed by atoms with Crippen molar-refractivity contribution in [1.29, 1.82) is 0 Å². The van der Waals surface area contributed by atoms with Gasteiger partial charge in [-0.05, 0) is 85.6 Å². The van der Waals surface area contributed by atoms with E-state index in [0.717, 1.165) is 37.9 Å². The minimum atomic E-state index is -1.74. The molecule has 0 heterocycles. The van der Waals surface area contributed by atoms with Crippen LogP contribution in [0.3, 0.4) is 0 Å². The third-order valence-electron chi connectivity index (χ3n) is 6.63. The summed E-state index contributed by atoms with van der Waals surface area (Å²) in [5.41, 5.74) is 3.64. The van der Waals surface area contributed by atoms with E-state index in [-0.39, 0.29) is 12.3 Å². The molecule has 162 valence electrons. The van der Waals surface area contributed by atoms with E-state index in [4.69, 9.17) is 9.84 Å². The number of rotatable bonds is 9. The number of aliphatic carboxylic acids is 1. The molecule has 1 fully saturated rings. The van der Waals surface area contributed by atoms with Gasteiger partial charge in [0, 0.05) is 0 Å². The molecule has 0 bridgehead atoms. The standard InChI is InChI=1S/C26H33FO3/c1-3-20(16-25(27)26(28)29)21-11-9-19(10-12-21)17-30-23-13-14-24(18(2)15-23)22-7-5-4-6-8-22/h4-8,13-15,19-21,25H,3,9-12,16-17H2,1-2H3,(H,28,29)/t19?,20?,21?,25-/m0/s1. The van der Waals surface area contributed by atoms with Crippen LogP contribution in [-0.4, -0.2) is 23.9 Å². The Morgan fingerprint density at radius 2 is 1.83 bits per heavy atom. The Kier molecular flexibility index (Phi) is 7.89. The van der Waals surface area contributed by atoms with Gasteiger partial charge in [0.05, 0.1) is 6.61 Å². The largest absolute Gasteiger partial charge is 0.493 e. The summed E-state index contributed by atoms with van der Waals surface area (Å²) in [7, 11) is 0. The number of hydrogen-bond donors (Lipinski definition) is 1. The fraction of sp³-hybridized carbons (Fsp3) is 0.500. The Bertz CT molecular complexity index is 812. The van der Waals surface area contributed by atoms with Crippen molar-refractivity contribution in [3.63, 3.8) is 0 Å². The molecule has 2 aromatic carbocycles. The number of halogens is 1. The van der Waals surface area contributed by atoms with Gasteiger partial charge in [0.1, 0.15) is 5.75 Å². The Morgan fingerprint density at radius 3 is 2.43 bits per heavy atom. The molecule has 0 amide bonds. The fourth-order valence-corrected chi connectivity index (χ4v) is 4.77. The van der Waals surface area contributed by atoms with E-state index in [1.165, 1.54) is 16.7 Å². The van der Waals surface area contributed by atoms with Crippen LogP contribution in [0.4, 0.5) is 4.39 Å². The summed E-state index contributed by atoms with van der Waals surface area (Å²) >= 11 is 0. The topological polar surface area (TPSA) is 46.5 Å². The number of carbonyl (C=O) groups is 1. The summed E-state index contributed by atoms with van der Waals surface area (Å²) < 4.78 is 19.8. The normalized spacial score (nSPS) is 21.0. The van der Waals surface area contributed by atoms with Gasteiger partial charge >= 0.3 is 5.97 Å². The molecule has 2 atom stereocenters. The molecular weight excluding hydrogens is 379 g/mol. The zero-order valence-electron chi connectivity index (χ0n) is 18.0. The Balaban J connectivity index is 1.49. The lowest BCUT2D eigenvalue weighted by molar-refractivity contribution is -0.143. The number of carboxylic acids is 1. The smallest absolute Gasteiger partial charge is 0.338 e. The molecular formula is C26H33FO3. The Morgan fingerprint density at radius 1 is 1.13 bits per heavy atom. The first kappa shape index (κ1) is 22.3. The zero-order valence-corrected chi connectivity index (χ0v) is 18.0. The second-order valence-corrected chi connectivity index (χ2v) is 8.64. The van der Waals surface area contributed by atoms with Gasteiger partial charge in [-0.1, -0.05) is 49.7 Å². The maximum absolute atomic E-state index is 13.7. The molecule has 1 saturated carbocycles. The van der Waals surface area contributed by atoms with Gasteiger partial charge in [0.25, 0.3) is 0 Å². The Hall–Kier alpha value is -2.36. The Labute approximate surface area is 179 Å². The van der Waals surface area contributed by atoms with E-state index in [1.54, 1.807) is 0 Å². The average Bonchev–Trinajstić information content (AvgIpc) is 2.77. The molecule has 1 unspecified atom stereocenters. The van der Waals surface area contributed by atoms with Crippen molar-refractivity contribution in [3.8, 4) is 16.9 Å². The molecule has 0 spiro atoms. The molecule has 1 aliphatic carbocycles. The van der Waals surface area contributed by atoms with E-state index in [0.29, 0.717) is 18.4 Å². The molecule has 3 rings (SSSR count). The van der Waals surface area contributed by atoms with Crippen molar-refractivity contribution >= 4 is 5.97 Å². The van der Waals surface area contributed by atoms with Gasteiger partial charge in [-0.3, -0.25) is 0 Å². The van der Waals surface area contributed by atoms with Gasteiger partial charge in [0.2, 0.25) is 0 Å². The van der Waals surface area contributed by atoms with Crippen molar-refractivity contribution in [2.45, 2.75) is 58.5 Å². The summed E-state index contributed by atoms with van der Waals surface area (Å²) in [6.45, 7) is 4.85. The number of carboxylic acid groups (broad SMARTS) is 1. The highest BCUT2D eigenvalue weighted by atomic mass is 19.1. The van der Waals surface area contributed by atoms with Gasteiger partial charge in [-0.2, -0.15) is 0 Å². The second kappa shape index (κ2) is 10.6. The highest BCUT2D eigenvalue weighted by Crippen LogP contribution is 2.37. The van der Waals surface area contributed by atoms with Gasteiger partial charge in [-0.25, -0.2) is 9.18 Å². The van der Waals surface area contributed by atoms with E-state index in [1.807, 2.05) is 31.2 Å². The summed E-state index contributed by atoms with van der Waals surface area (Å²) in [6, 6.07) is 16.6. The molecule has 4 heteroatoms. The first-order chi connectivity index (χ1) is 14.5. The van der Waals surface area contributed by atoms with Crippen LogP contribution in [0.1, 0.15) is 51.0 Å². The third-order valence-corrected chi connectivity index (χ3v) is 6.63. The van der Waals surface area contributed by atoms with Crippen molar-refractivity contribution in [2.75, 3.05) is 6.61 Å². The van der Waals surface area contributed by atoms with Crippen molar-refractivity contribution in [2.24, 2.45) is 17.8 Å². The van der Waals surface area contributed by atoms with Crippen LogP contribution in [-0.2, 0) is 4.79 Å². The molecule has 30 heavy (non-hydrogen) atoms. The van der Waals surface area contributed by atoms with Crippen LogP contribution < -0.4 is 4.74 Å². The molecule has 0 saturated heterocycles. The summed E-state index contributed by atoms with van der Waals surface area (Å²) in [5.74, 6) is 0.669. The number of hydrogen-bond acceptors (Lipinski definition) is 2. The second-order valence-electron chi connectivity index (χ2n) is 8.64. The summed E-state index contributed by atoms with van der Waals surface area (Å²) in [5, 5.41) is 8.85. The van der Waals surface area contributed by atoms with Crippen LogP contribution in [0, 0.1) is 24.7 Å². The molecule has 0 aliphatic heterocycles. The van der Waals surface area contributed by atoms with Crippen LogP contribution >= 0.6 is 0 Å². The lowest BCUT2D eigenvalue weighted by Crippen LogP contribution is -2.28. The van der Waals surface area contributed by atoms with E-state index >= 15 is 0 Å². The zero-order chi connectivity index (χ0) is 21.5. The predicted octanol–water partition coefficient (Wildman–Crippen LogP) is 6.69.